The number of rotatable bonds is 9. The third-order valence-electron chi connectivity index (χ3n) is 5.74. The second kappa shape index (κ2) is 11.1. The summed E-state index contributed by atoms with van der Waals surface area (Å²) in [5, 5.41) is 3.23. The molecule has 2 amide bonds. The zero-order chi connectivity index (χ0) is 23.1. The molecule has 0 radical (unpaired) electrons. The predicted molar refractivity (Wildman–Crippen MR) is 122 cm³/mol. The zero-order valence-electron chi connectivity index (χ0n) is 19.4. The Labute approximate surface area is 190 Å². The quantitative estimate of drug-likeness (QED) is 0.621. The summed E-state index contributed by atoms with van der Waals surface area (Å²) in [6.45, 7) is 10.2. The van der Waals surface area contributed by atoms with Crippen molar-refractivity contribution in [3.63, 3.8) is 0 Å². The number of furan rings is 1. The molecular weight excluding hydrogens is 408 g/mol. The maximum Gasteiger partial charge on any atom is 0.257 e. The van der Waals surface area contributed by atoms with Crippen molar-refractivity contribution < 1.29 is 23.5 Å². The van der Waals surface area contributed by atoms with Gasteiger partial charge in [-0.15, -0.1) is 0 Å². The second-order valence-electron chi connectivity index (χ2n) is 8.40. The molecule has 1 aliphatic heterocycles. The molecule has 7 heteroatoms. The van der Waals surface area contributed by atoms with Crippen LogP contribution in [0.1, 0.15) is 62.5 Å². The maximum atomic E-state index is 13.2. The molecule has 1 aliphatic rings. The lowest BCUT2D eigenvalue weighted by Gasteiger charge is -2.33. The van der Waals surface area contributed by atoms with E-state index in [4.69, 9.17) is 13.9 Å². The number of hydrogen-bond acceptors (Lipinski definition) is 5. The number of amides is 2. The summed E-state index contributed by atoms with van der Waals surface area (Å²) in [5.41, 5.74) is 1.49. The van der Waals surface area contributed by atoms with Crippen molar-refractivity contribution in [1.82, 2.24) is 10.2 Å². The SMILES string of the molecule is CCOc1ccc(C(NC(=O)C2CCCN(C(=O)c3ccoc3)C2)C(C)C)cc1OCC. The van der Waals surface area contributed by atoms with Gasteiger partial charge < -0.3 is 24.1 Å². The average molecular weight is 443 g/mol. The Kier molecular flexibility index (Phi) is 8.20. The zero-order valence-corrected chi connectivity index (χ0v) is 19.4. The van der Waals surface area contributed by atoms with Crippen LogP contribution >= 0.6 is 0 Å². The van der Waals surface area contributed by atoms with Crippen LogP contribution in [-0.4, -0.2) is 43.0 Å². The molecule has 174 valence electrons. The molecule has 0 spiro atoms. The van der Waals surface area contributed by atoms with Crippen molar-refractivity contribution in [2.45, 2.75) is 46.6 Å². The van der Waals surface area contributed by atoms with Crippen LogP contribution < -0.4 is 14.8 Å². The van der Waals surface area contributed by atoms with Gasteiger partial charge in [-0.25, -0.2) is 0 Å². The summed E-state index contributed by atoms with van der Waals surface area (Å²) in [6, 6.07) is 7.32. The molecule has 0 bridgehead atoms. The Morgan fingerprint density at radius 3 is 2.56 bits per heavy atom. The molecule has 7 nitrogen and oxygen atoms in total. The summed E-state index contributed by atoms with van der Waals surface area (Å²) >= 11 is 0. The number of nitrogens with one attached hydrogen (secondary N) is 1. The van der Waals surface area contributed by atoms with Gasteiger partial charge in [0.05, 0.1) is 37.0 Å². The van der Waals surface area contributed by atoms with Crippen LogP contribution in [0, 0.1) is 11.8 Å². The number of carbonyl (C=O) groups is 2. The van der Waals surface area contributed by atoms with Gasteiger partial charge in [0.2, 0.25) is 5.91 Å². The molecule has 3 rings (SSSR count). The first-order valence-corrected chi connectivity index (χ1v) is 11.5. The number of carbonyl (C=O) groups excluding carboxylic acids is 2. The van der Waals surface area contributed by atoms with Crippen LogP contribution in [0.5, 0.6) is 11.5 Å². The van der Waals surface area contributed by atoms with E-state index >= 15 is 0 Å². The minimum absolute atomic E-state index is 0.0276. The number of hydrogen-bond donors (Lipinski definition) is 1. The normalized spacial score (nSPS) is 17.2. The highest BCUT2D eigenvalue weighted by Gasteiger charge is 2.31. The van der Waals surface area contributed by atoms with E-state index in [1.807, 2.05) is 32.0 Å². The molecule has 32 heavy (non-hydrogen) atoms. The highest BCUT2D eigenvalue weighted by atomic mass is 16.5. The van der Waals surface area contributed by atoms with Gasteiger partial charge in [-0.2, -0.15) is 0 Å². The molecular formula is C25H34N2O5. The summed E-state index contributed by atoms with van der Waals surface area (Å²) in [7, 11) is 0. The highest BCUT2D eigenvalue weighted by Crippen LogP contribution is 2.33. The van der Waals surface area contributed by atoms with E-state index in [1.54, 1.807) is 11.0 Å². The van der Waals surface area contributed by atoms with Gasteiger partial charge >= 0.3 is 0 Å². The highest BCUT2D eigenvalue weighted by molar-refractivity contribution is 5.94. The summed E-state index contributed by atoms with van der Waals surface area (Å²) in [5.74, 6) is 1.20. The molecule has 0 aliphatic carbocycles. The van der Waals surface area contributed by atoms with Crippen molar-refractivity contribution in [3.8, 4) is 11.5 Å². The average Bonchev–Trinajstić information content (AvgIpc) is 3.33. The predicted octanol–water partition coefficient (Wildman–Crippen LogP) is 4.44. The van der Waals surface area contributed by atoms with Gasteiger partial charge in [0.25, 0.3) is 5.91 Å². The number of ether oxygens (including phenoxy) is 2. The van der Waals surface area contributed by atoms with Crippen molar-refractivity contribution in [2.24, 2.45) is 11.8 Å². The molecule has 1 fully saturated rings. The molecule has 0 saturated carbocycles. The second-order valence-corrected chi connectivity index (χ2v) is 8.40. The van der Waals surface area contributed by atoms with E-state index in [0.29, 0.717) is 43.4 Å². The number of benzene rings is 1. The van der Waals surface area contributed by atoms with Crippen molar-refractivity contribution in [2.75, 3.05) is 26.3 Å². The Hall–Kier alpha value is -2.96. The van der Waals surface area contributed by atoms with E-state index in [2.05, 4.69) is 19.2 Å². The van der Waals surface area contributed by atoms with Gasteiger partial charge in [-0.3, -0.25) is 9.59 Å². The van der Waals surface area contributed by atoms with E-state index in [1.165, 1.54) is 12.5 Å². The van der Waals surface area contributed by atoms with Crippen LogP contribution in [0.25, 0.3) is 0 Å². The molecule has 1 aromatic carbocycles. The van der Waals surface area contributed by atoms with Crippen LogP contribution in [0.2, 0.25) is 0 Å². The third kappa shape index (κ3) is 5.64. The first-order valence-electron chi connectivity index (χ1n) is 11.5. The van der Waals surface area contributed by atoms with Gasteiger partial charge in [-0.1, -0.05) is 19.9 Å². The molecule has 1 saturated heterocycles. The standard InChI is InChI=1S/C25H34N2O5/c1-5-31-21-10-9-18(14-22(21)32-6-2)23(17(3)4)26-24(28)19-8-7-12-27(15-19)25(29)20-11-13-30-16-20/h9-11,13-14,16-17,19,23H,5-8,12,15H2,1-4H3,(H,26,28). The lowest BCUT2D eigenvalue weighted by Crippen LogP contribution is -2.46. The smallest absolute Gasteiger partial charge is 0.257 e. The van der Waals surface area contributed by atoms with Gasteiger partial charge in [0.1, 0.15) is 6.26 Å². The largest absolute Gasteiger partial charge is 0.490 e. The Morgan fingerprint density at radius 1 is 1.16 bits per heavy atom. The summed E-state index contributed by atoms with van der Waals surface area (Å²) in [4.78, 5) is 27.6. The molecule has 1 aromatic heterocycles. The summed E-state index contributed by atoms with van der Waals surface area (Å²) < 4.78 is 16.5. The molecule has 2 heterocycles. The van der Waals surface area contributed by atoms with Crippen LogP contribution in [0.15, 0.2) is 41.2 Å². The third-order valence-corrected chi connectivity index (χ3v) is 5.74. The number of piperidine rings is 1. The van der Waals surface area contributed by atoms with E-state index in [9.17, 15) is 9.59 Å². The topological polar surface area (TPSA) is 81.0 Å². The molecule has 2 atom stereocenters. The minimum Gasteiger partial charge on any atom is -0.490 e. The fourth-order valence-electron chi connectivity index (χ4n) is 4.11. The fraction of sp³-hybridized carbons (Fsp3) is 0.520. The lowest BCUT2D eigenvalue weighted by molar-refractivity contribution is -0.127. The minimum atomic E-state index is -0.241. The molecule has 2 aromatic rings. The van der Waals surface area contributed by atoms with Crippen molar-refractivity contribution in [3.05, 3.63) is 47.9 Å². The van der Waals surface area contributed by atoms with Crippen LogP contribution in [0.3, 0.4) is 0 Å². The first kappa shape index (κ1) is 23.7. The Bertz CT molecular complexity index is 894. The Balaban J connectivity index is 1.72. The fourth-order valence-corrected chi connectivity index (χ4v) is 4.11. The van der Waals surface area contributed by atoms with Crippen LogP contribution in [0.4, 0.5) is 0 Å². The number of likely N-dealkylation sites (tertiary alicyclic amines) is 1. The summed E-state index contributed by atoms with van der Waals surface area (Å²) in [6.07, 6.45) is 4.50. The number of nitrogens with zero attached hydrogens (tertiary/aromatic N) is 1. The van der Waals surface area contributed by atoms with E-state index in [0.717, 1.165) is 18.4 Å². The Morgan fingerprint density at radius 2 is 1.91 bits per heavy atom. The van der Waals surface area contributed by atoms with Gasteiger partial charge in [0, 0.05) is 13.1 Å². The van der Waals surface area contributed by atoms with E-state index < -0.39 is 0 Å². The van der Waals surface area contributed by atoms with Crippen molar-refractivity contribution in [1.29, 1.82) is 0 Å². The lowest BCUT2D eigenvalue weighted by atomic mass is 9.92. The van der Waals surface area contributed by atoms with Crippen molar-refractivity contribution >= 4 is 11.8 Å². The van der Waals surface area contributed by atoms with Gasteiger partial charge in [-0.05, 0) is 56.4 Å². The molecule has 1 N–H and O–H groups in total. The van der Waals surface area contributed by atoms with Gasteiger partial charge in [0.15, 0.2) is 11.5 Å². The molecule has 2 unspecified atom stereocenters. The first-order chi connectivity index (χ1) is 15.4. The maximum absolute atomic E-state index is 13.2. The monoisotopic (exact) mass is 442 g/mol. The van der Waals surface area contributed by atoms with Crippen LogP contribution in [-0.2, 0) is 4.79 Å². The van der Waals surface area contributed by atoms with E-state index in [-0.39, 0.29) is 29.7 Å².